The van der Waals surface area contributed by atoms with Gasteiger partial charge in [-0.15, -0.1) is 0 Å². The summed E-state index contributed by atoms with van der Waals surface area (Å²) in [5, 5.41) is 9.16. The molecule has 1 saturated heterocycles. The summed E-state index contributed by atoms with van der Waals surface area (Å²) in [5.41, 5.74) is 6.62. The third-order valence-corrected chi connectivity index (χ3v) is 5.30. The standard InChI is InChI=1S/C19H17F4N5/c20-17(21)14(25)10-1-3-11(4-2-10)15-13-5-7-19(22,23)16(13)27-18(26-15)28-8-6-12(28)9-24/h1-4,12,14,17H,5-8,25H2/t12-,14-/m1/s1. The molecule has 2 aromatic rings. The van der Waals surface area contributed by atoms with Crippen molar-refractivity contribution in [2.24, 2.45) is 5.73 Å². The summed E-state index contributed by atoms with van der Waals surface area (Å²) < 4.78 is 54.3. The van der Waals surface area contributed by atoms with E-state index < -0.39 is 24.4 Å². The lowest BCUT2D eigenvalue weighted by Crippen LogP contribution is -2.48. The minimum Gasteiger partial charge on any atom is -0.325 e. The predicted octanol–water partition coefficient (Wildman–Crippen LogP) is 3.55. The minimum absolute atomic E-state index is 0.0986. The molecular formula is C19H17F4N5. The lowest BCUT2D eigenvalue weighted by atomic mass is 10.0. The van der Waals surface area contributed by atoms with E-state index in [0.717, 1.165) is 0 Å². The zero-order valence-electron chi connectivity index (χ0n) is 14.7. The van der Waals surface area contributed by atoms with E-state index >= 15 is 0 Å². The summed E-state index contributed by atoms with van der Waals surface area (Å²) in [5.74, 6) is -2.96. The molecule has 0 spiro atoms. The Kier molecular flexibility index (Phi) is 4.46. The summed E-state index contributed by atoms with van der Waals surface area (Å²) in [7, 11) is 0. The predicted molar refractivity (Wildman–Crippen MR) is 94.0 cm³/mol. The second-order valence-corrected chi connectivity index (χ2v) is 7.01. The van der Waals surface area contributed by atoms with Gasteiger partial charge in [-0.25, -0.2) is 18.7 Å². The van der Waals surface area contributed by atoms with Crippen molar-refractivity contribution in [1.29, 1.82) is 5.26 Å². The molecule has 2 aliphatic rings. The Labute approximate surface area is 158 Å². The molecule has 0 radical (unpaired) electrons. The molecule has 2 heterocycles. The van der Waals surface area contributed by atoms with Crippen molar-refractivity contribution in [3.63, 3.8) is 0 Å². The molecule has 2 atom stereocenters. The van der Waals surface area contributed by atoms with Crippen molar-refractivity contribution in [3.8, 4) is 17.3 Å². The van der Waals surface area contributed by atoms with Gasteiger partial charge >= 0.3 is 0 Å². The molecule has 9 heteroatoms. The molecule has 0 unspecified atom stereocenters. The number of hydrogen-bond donors (Lipinski definition) is 1. The third-order valence-electron chi connectivity index (χ3n) is 5.30. The molecule has 1 aliphatic carbocycles. The van der Waals surface area contributed by atoms with E-state index in [1.54, 1.807) is 17.0 Å². The van der Waals surface area contributed by atoms with E-state index in [0.29, 0.717) is 29.8 Å². The van der Waals surface area contributed by atoms with Gasteiger partial charge in [-0.1, -0.05) is 24.3 Å². The molecule has 2 N–H and O–H groups in total. The number of nitrogens with zero attached hydrogens (tertiary/aromatic N) is 4. The van der Waals surface area contributed by atoms with Gasteiger partial charge in [0.1, 0.15) is 11.7 Å². The molecule has 0 bridgehead atoms. The van der Waals surface area contributed by atoms with Crippen LogP contribution in [-0.2, 0) is 12.3 Å². The number of halogens is 4. The number of alkyl halides is 4. The van der Waals surface area contributed by atoms with Crippen molar-refractivity contribution in [1.82, 2.24) is 9.97 Å². The van der Waals surface area contributed by atoms with Crippen LogP contribution in [0.1, 0.15) is 35.7 Å². The minimum atomic E-state index is -3.06. The van der Waals surface area contributed by atoms with Gasteiger partial charge in [-0.3, -0.25) is 0 Å². The highest BCUT2D eigenvalue weighted by molar-refractivity contribution is 5.67. The fourth-order valence-electron chi connectivity index (χ4n) is 3.55. The summed E-state index contributed by atoms with van der Waals surface area (Å²) in [6.45, 7) is 0.518. The Morgan fingerprint density at radius 2 is 1.93 bits per heavy atom. The van der Waals surface area contributed by atoms with Crippen LogP contribution in [-0.4, -0.2) is 29.0 Å². The van der Waals surface area contributed by atoms with Crippen LogP contribution in [0, 0.1) is 11.3 Å². The summed E-state index contributed by atoms with van der Waals surface area (Å²) in [6.07, 6.45) is -2.31. The van der Waals surface area contributed by atoms with Crippen molar-refractivity contribution in [3.05, 3.63) is 41.1 Å². The molecule has 28 heavy (non-hydrogen) atoms. The fourth-order valence-corrected chi connectivity index (χ4v) is 3.55. The lowest BCUT2D eigenvalue weighted by Gasteiger charge is -2.36. The Balaban J connectivity index is 1.78. The highest BCUT2D eigenvalue weighted by Crippen LogP contribution is 2.44. The Hall–Kier alpha value is -2.73. The molecule has 146 valence electrons. The molecule has 4 rings (SSSR count). The first-order chi connectivity index (χ1) is 13.3. The molecule has 1 aliphatic heterocycles. The average molecular weight is 391 g/mol. The number of anilines is 1. The van der Waals surface area contributed by atoms with Crippen molar-refractivity contribution < 1.29 is 17.6 Å². The summed E-state index contributed by atoms with van der Waals surface area (Å²) >= 11 is 0. The van der Waals surface area contributed by atoms with Gasteiger partial charge in [-0.2, -0.15) is 14.0 Å². The van der Waals surface area contributed by atoms with Gasteiger partial charge < -0.3 is 10.6 Å². The van der Waals surface area contributed by atoms with Gasteiger partial charge in [0.15, 0.2) is 0 Å². The van der Waals surface area contributed by atoms with Crippen LogP contribution < -0.4 is 10.6 Å². The molecule has 0 saturated carbocycles. The van der Waals surface area contributed by atoms with Crippen LogP contribution in [0.3, 0.4) is 0 Å². The lowest BCUT2D eigenvalue weighted by molar-refractivity contribution is -0.00594. The second-order valence-electron chi connectivity index (χ2n) is 7.01. The highest BCUT2D eigenvalue weighted by Gasteiger charge is 2.44. The van der Waals surface area contributed by atoms with Crippen LogP contribution in [0.5, 0.6) is 0 Å². The van der Waals surface area contributed by atoms with Gasteiger partial charge in [0.2, 0.25) is 5.95 Å². The van der Waals surface area contributed by atoms with E-state index in [9.17, 15) is 17.6 Å². The SMILES string of the molecule is N#C[C@H]1CCN1c1nc(-c2ccc([C@@H](N)C(F)F)cc2)c2c(n1)C(F)(F)CC2. The monoisotopic (exact) mass is 391 g/mol. The van der Waals surface area contributed by atoms with E-state index in [1.165, 1.54) is 12.1 Å². The maximum Gasteiger partial charge on any atom is 0.290 e. The molecule has 1 fully saturated rings. The topological polar surface area (TPSA) is 78.8 Å². The third kappa shape index (κ3) is 2.98. The van der Waals surface area contributed by atoms with Crippen LogP contribution >= 0.6 is 0 Å². The maximum atomic E-state index is 14.4. The number of nitriles is 1. The number of fused-ring (bicyclic) bond motifs is 1. The fraction of sp³-hybridized carbons (Fsp3) is 0.421. The van der Waals surface area contributed by atoms with Crippen molar-refractivity contribution in [2.45, 2.75) is 43.7 Å². The molecule has 1 aromatic heterocycles. The van der Waals surface area contributed by atoms with Crippen LogP contribution in [0.15, 0.2) is 24.3 Å². The van der Waals surface area contributed by atoms with Gasteiger partial charge in [-0.05, 0) is 18.4 Å². The van der Waals surface area contributed by atoms with Crippen LogP contribution in [0.25, 0.3) is 11.3 Å². The first-order valence-corrected chi connectivity index (χ1v) is 8.91. The maximum absolute atomic E-state index is 14.4. The average Bonchev–Trinajstić information content (AvgIpc) is 2.95. The largest absolute Gasteiger partial charge is 0.325 e. The summed E-state index contributed by atoms with van der Waals surface area (Å²) in [6, 6.07) is 6.26. The molecular weight excluding hydrogens is 374 g/mol. The van der Waals surface area contributed by atoms with Gasteiger partial charge in [0.25, 0.3) is 12.3 Å². The first kappa shape index (κ1) is 18.6. The first-order valence-electron chi connectivity index (χ1n) is 8.91. The number of benzene rings is 1. The van der Waals surface area contributed by atoms with Crippen molar-refractivity contribution >= 4 is 5.95 Å². The van der Waals surface area contributed by atoms with E-state index in [1.807, 2.05) is 0 Å². The number of nitrogens with two attached hydrogens (primary N) is 1. The van der Waals surface area contributed by atoms with E-state index in [-0.39, 0.29) is 30.0 Å². The van der Waals surface area contributed by atoms with E-state index in [2.05, 4.69) is 16.0 Å². The smallest absolute Gasteiger partial charge is 0.290 e. The number of rotatable bonds is 4. The summed E-state index contributed by atoms with van der Waals surface area (Å²) in [4.78, 5) is 10.1. The van der Waals surface area contributed by atoms with Gasteiger partial charge in [0, 0.05) is 24.1 Å². The Morgan fingerprint density at radius 1 is 1.21 bits per heavy atom. The quantitative estimate of drug-likeness (QED) is 0.807. The Morgan fingerprint density at radius 3 is 2.50 bits per heavy atom. The number of hydrogen-bond acceptors (Lipinski definition) is 5. The Bertz CT molecular complexity index is 939. The number of aromatic nitrogens is 2. The highest BCUT2D eigenvalue weighted by atomic mass is 19.3. The molecule has 5 nitrogen and oxygen atoms in total. The molecule has 1 aromatic carbocycles. The van der Waals surface area contributed by atoms with Gasteiger partial charge in [0.05, 0.1) is 17.8 Å². The van der Waals surface area contributed by atoms with Crippen LogP contribution in [0.2, 0.25) is 0 Å². The van der Waals surface area contributed by atoms with Crippen molar-refractivity contribution in [2.75, 3.05) is 11.4 Å². The van der Waals surface area contributed by atoms with Crippen LogP contribution in [0.4, 0.5) is 23.5 Å². The van der Waals surface area contributed by atoms with E-state index in [4.69, 9.17) is 11.0 Å². The molecule has 0 amide bonds. The normalized spacial score (nSPS) is 21.2. The zero-order chi connectivity index (χ0) is 20.1. The zero-order valence-corrected chi connectivity index (χ0v) is 14.7. The second kappa shape index (κ2) is 6.71.